The third-order valence-electron chi connectivity index (χ3n) is 3.54. The Labute approximate surface area is 149 Å². The molecular formula is C18H16ClN3O3. The van der Waals surface area contributed by atoms with Gasteiger partial charge in [-0.2, -0.15) is 5.10 Å². The van der Waals surface area contributed by atoms with Gasteiger partial charge >= 0.3 is 0 Å². The van der Waals surface area contributed by atoms with Crippen molar-refractivity contribution < 1.29 is 9.21 Å². The molecular weight excluding hydrogens is 342 g/mol. The molecule has 25 heavy (non-hydrogen) atoms. The zero-order valence-corrected chi connectivity index (χ0v) is 14.1. The highest BCUT2D eigenvalue weighted by Gasteiger charge is 2.07. The Morgan fingerprint density at radius 2 is 1.96 bits per heavy atom. The summed E-state index contributed by atoms with van der Waals surface area (Å²) in [5, 5.41) is 7.66. The molecule has 0 saturated carbocycles. The van der Waals surface area contributed by atoms with Gasteiger partial charge in [-0.3, -0.25) is 9.59 Å². The number of nitrogens with one attached hydrogen (secondary N) is 1. The summed E-state index contributed by atoms with van der Waals surface area (Å²) in [6, 6.07) is 13.5. The fourth-order valence-electron chi connectivity index (χ4n) is 2.31. The number of nitrogens with zero attached hydrogens (tertiary/aromatic N) is 2. The van der Waals surface area contributed by atoms with Crippen molar-refractivity contribution in [1.82, 2.24) is 9.78 Å². The quantitative estimate of drug-likeness (QED) is 0.731. The van der Waals surface area contributed by atoms with E-state index in [0.717, 1.165) is 0 Å². The maximum absolute atomic E-state index is 12.0. The number of carbonyl (C=O) groups is 1. The number of amides is 1. The lowest BCUT2D eigenvalue weighted by Crippen LogP contribution is -2.23. The van der Waals surface area contributed by atoms with Crippen LogP contribution in [-0.4, -0.2) is 15.7 Å². The van der Waals surface area contributed by atoms with Gasteiger partial charge in [-0.1, -0.05) is 11.6 Å². The Balaban J connectivity index is 1.56. The number of rotatable bonds is 6. The van der Waals surface area contributed by atoms with Gasteiger partial charge in [0.15, 0.2) is 5.76 Å². The number of aryl methyl sites for hydroxylation is 1. The van der Waals surface area contributed by atoms with Crippen molar-refractivity contribution in [2.75, 3.05) is 5.32 Å². The van der Waals surface area contributed by atoms with Crippen molar-refractivity contribution in [2.45, 2.75) is 19.4 Å². The number of carbonyl (C=O) groups excluding carboxylic acids is 1. The van der Waals surface area contributed by atoms with Gasteiger partial charge in [-0.25, -0.2) is 4.68 Å². The fourth-order valence-corrected chi connectivity index (χ4v) is 2.44. The minimum Gasteiger partial charge on any atom is -0.463 e. The first kappa shape index (κ1) is 17.0. The van der Waals surface area contributed by atoms with E-state index in [2.05, 4.69) is 10.4 Å². The lowest BCUT2D eigenvalue weighted by Gasteiger charge is -2.07. The highest BCUT2D eigenvalue weighted by atomic mass is 35.5. The zero-order chi connectivity index (χ0) is 17.6. The molecule has 6 nitrogen and oxygen atoms in total. The number of aromatic nitrogens is 2. The van der Waals surface area contributed by atoms with E-state index in [1.54, 1.807) is 48.7 Å². The third kappa shape index (κ3) is 4.58. The van der Waals surface area contributed by atoms with Crippen molar-refractivity contribution in [3.05, 3.63) is 70.2 Å². The van der Waals surface area contributed by atoms with E-state index in [9.17, 15) is 9.59 Å². The molecule has 1 N–H and O–H groups in total. The topological polar surface area (TPSA) is 77.1 Å². The lowest BCUT2D eigenvalue weighted by atomic mass is 10.2. The Morgan fingerprint density at radius 3 is 2.68 bits per heavy atom. The second-order valence-corrected chi connectivity index (χ2v) is 5.85. The highest BCUT2D eigenvalue weighted by Crippen LogP contribution is 2.15. The predicted octanol–water partition coefficient (Wildman–Crippen LogP) is 3.58. The van der Waals surface area contributed by atoms with Crippen LogP contribution in [0.3, 0.4) is 0 Å². The summed E-state index contributed by atoms with van der Waals surface area (Å²) in [7, 11) is 0. The molecule has 0 saturated heterocycles. The van der Waals surface area contributed by atoms with Crippen molar-refractivity contribution in [3.63, 3.8) is 0 Å². The van der Waals surface area contributed by atoms with Gasteiger partial charge in [0.05, 0.1) is 6.26 Å². The largest absolute Gasteiger partial charge is 0.463 e. The van der Waals surface area contributed by atoms with Gasteiger partial charge in [0.25, 0.3) is 5.56 Å². The number of benzene rings is 1. The maximum Gasteiger partial charge on any atom is 0.266 e. The molecule has 128 valence electrons. The number of hydrogen-bond donors (Lipinski definition) is 1. The number of anilines is 1. The Bertz CT molecular complexity index is 902. The molecule has 1 aromatic carbocycles. The lowest BCUT2D eigenvalue weighted by molar-refractivity contribution is -0.116. The third-order valence-corrected chi connectivity index (χ3v) is 3.79. The average molecular weight is 358 g/mol. The molecule has 3 rings (SSSR count). The molecule has 7 heteroatoms. The molecule has 0 bridgehead atoms. The molecule has 0 atom stereocenters. The second-order valence-electron chi connectivity index (χ2n) is 5.42. The van der Waals surface area contributed by atoms with Gasteiger partial charge in [-0.05, 0) is 48.9 Å². The van der Waals surface area contributed by atoms with E-state index in [0.29, 0.717) is 35.1 Å². The van der Waals surface area contributed by atoms with Crippen molar-refractivity contribution in [3.8, 4) is 11.5 Å². The normalized spacial score (nSPS) is 10.6. The summed E-state index contributed by atoms with van der Waals surface area (Å²) in [6.45, 7) is 0.349. The van der Waals surface area contributed by atoms with Crippen LogP contribution in [-0.2, 0) is 11.3 Å². The van der Waals surface area contributed by atoms with Crippen LogP contribution >= 0.6 is 11.6 Å². The molecule has 0 radical (unpaired) electrons. The second kappa shape index (κ2) is 7.81. The summed E-state index contributed by atoms with van der Waals surface area (Å²) in [5.74, 6) is 0.465. The van der Waals surface area contributed by atoms with Crippen molar-refractivity contribution >= 4 is 23.2 Å². The van der Waals surface area contributed by atoms with Crippen LogP contribution in [0.25, 0.3) is 11.5 Å². The highest BCUT2D eigenvalue weighted by molar-refractivity contribution is 6.30. The smallest absolute Gasteiger partial charge is 0.266 e. The average Bonchev–Trinajstić information content (AvgIpc) is 3.13. The monoisotopic (exact) mass is 357 g/mol. The van der Waals surface area contributed by atoms with Gasteiger partial charge in [0, 0.05) is 29.7 Å². The van der Waals surface area contributed by atoms with Crippen LogP contribution in [0.15, 0.2) is 64.0 Å². The van der Waals surface area contributed by atoms with E-state index in [4.69, 9.17) is 16.0 Å². The first-order chi connectivity index (χ1) is 12.1. The molecule has 3 aromatic rings. The summed E-state index contributed by atoms with van der Waals surface area (Å²) < 4.78 is 6.62. The first-order valence-corrected chi connectivity index (χ1v) is 8.17. The molecule has 2 heterocycles. The van der Waals surface area contributed by atoms with E-state index in [1.165, 1.54) is 10.7 Å². The summed E-state index contributed by atoms with van der Waals surface area (Å²) in [4.78, 5) is 23.9. The number of hydrogen-bond acceptors (Lipinski definition) is 4. The van der Waals surface area contributed by atoms with Crippen LogP contribution in [0, 0.1) is 0 Å². The van der Waals surface area contributed by atoms with Gasteiger partial charge < -0.3 is 9.73 Å². The Kier molecular flexibility index (Phi) is 5.30. The molecule has 0 aliphatic carbocycles. The van der Waals surface area contributed by atoms with Gasteiger partial charge in [-0.15, -0.1) is 0 Å². The van der Waals surface area contributed by atoms with E-state index < -0.39 is 0 Å². The summed E-state index contributed by atoms with van der Waals surface area (Å²) in [6.07, 6.45) is 2.32. The minimum absolute atomic E-state index is 0.127. The molecule has 0 aliphatic rings. The standard InChI is InChI=1S/C18H16ClN3O3/c19-13-5-7-14(8-6-13)20-17(23)4-1-11-22-18(24)10-9-15(21-22)16-3-2-12-25-16/h2-3,5-10,12H,1,4,11H2,(H,20,23). The van der Waals surface area contributed by atoms with Crippen LogP contribution in [0.2, 0.25) is 5.02 Å². The fraction of sp³-hybridized carbons (Fsp3) is 0.167. The molecule has 0 unspecified atom stereocenters. The van der Waals surface area contributed by atoms with Gasteiger partial charge in [0.1, 0.15) is 5.69 Å². The predicted molar refractivity (Wildman–Crippen MR) is 95.5 cm³/mol. The van der Waals surface area contributed by atoms with Crippen molar-refractivity contribution in [2.24, 2.45) is 0 Å². The van der Waals surface area contributed by atoms with Crippen LogP contribution < -0.4 is 10.9 Å². The SMILES string of the molecule is O=C(CCCn1nc(-c2ccco2)ccc1=O)Nc1ccc(Cl)cc1. The summed E-state index contributed by atoms with van der Waals surface area (Å²) in [5.41, 5.74) is 1.05. The molecule has 0 spiro atoms. The molecule has 0 fully saturated rings. The van der Waals surface area contributed by atoms with Crippen LogP contribution in [0.5, 0.6) is 0 Å². The first-order valence-electron chi connectivity index (χ1n) is 7.79. The van der Waals surface area contributed by atoms with E-state index >= 15 is 0 Å². The molecule has 0 aliphatic heterocycles. The van der Waals surface area contributed by atoms with Crippen LogP contribution in [0.1, 0.15) is 12.8 Å². The Hall–Kier alpha value is -2.86. The number of furan rings is 1. The molecule has 2 aromatic heterocycles. The van der Waals surface area contributed by atoms with E-state index in [1.807, 2.05) is 0 Å². The zero-order valence-electron chi connectivity index (χ0n) is 13.3. The number of halogens is 1. The van der Waals surface area contributed by atoms with Crippen molar-refractivity contribution in [1.29, 1.82) is 0 Å². The van der Waals surface area contributed by atoms with Crippen LogP contribution in [0.4, 0.5) is 5.69 Å². The van der Waals surface area contributed by atoms with E-state index in [-0.39, 0.29) is 17.9 Å². The Morgan fingerprint density at radius 1 is 1.16 bits per heavy atom. The maximum atomic E-state index is 12.0. The molecule has 1 amide bonds. The summed E-state index contributed by atoms with van der Waals surface area (Å²) >= 11 is 5.81. The van der Waals surface area contributed by atoms with Gasteiger partial charge in [0.2, 0.25) is 5.91 Å². The minimum atomic E-state index is -0.214.